The Morgan fingerprint density at radius 2 is 1.79 bits per heavy atom. The molecule has 226 valence electrons. The minimum atomic E-state index is -0.174. The molecule has 0 spiro atoms. The van der Waals surface area contributed by atoms with E-state index in [9.17, 15) is 9.59 Å². The minimum absolute atomic E-state index is 0.0213. The van der Waals surface area contributed by atoms with Crippen molar-refractivity contribution in [2.75, 3.05) is 36.9 Å². The second-order valence-electron chi connectivity index (χ2n) is 12.7. The zero-order valence-corrected chi connectivity index (χ0v) is 25.9. The van der Waals surface area contributed by atoms with Crippen LogP contribution in [-0.4, -0.2) is 49.1 Å². The quantitative estimate of drug-likeness (QED) is 0.294. The van der Waals surface area contributed by atoms with E-state index in [4.69, 9.17) is 9.47 Å². The normalized spacial score (nSPS) is 19.2. The third-order valence-corrected chi connectivity index (χ3v) is 7.82. The first-order valence-corrected chi connectivity index (χ1v) is 15.3. The number of amides is 2. The van der Waals surface area contributed by atoms with E-state index < -0.39 is 0 Å². The summed E-state index contributed by atoms with van der Waals surface area (Å²) in [6.07, 6.45) is 15.6. The van der Waals surface area contributed by atoms with Crippen LogP contribution >= 0.6 is 0 Å². The van der Waals surface area contributed by atoms with Crippen LogP contribution in [0.1, 0.15) is 66.7 Å². The van der Waals surface area contributed by atoms with Crippen LogP contribution < -0.4 is 10.6 Å². The van der Waals surface area contributed by atoms with Crippen molar-refractivity contribution in [3.8, 4) is 0 Å². The van der Waals surface area contributed by atoms with E-state index in [-0.39, 0.29) is 17.2 Å². The Morgan fingerprint density at radius 3 is 2.48 bits per heavy atom. The molecule has 1 fully saturated rings. The highest BCUT2D eigenvalue weighted by Crippen LogP contribution is 2.30. The molecule has 0 bridgehead atoms. The third-order valence-electron chi connectivity index (χ3n) is 7.82. The topological polar surface area (TPSA) is 79.9 Å². The second-order valence-corrected chi connectivity index (χ2v) is 12.7. The number of benzene rings is 1. The number of ether oxygens (including phenoxy) is 2. The van der Waals surface area contributed by atoms with E-state index in [0.717, 1.165) is 43.9 Å². The Labute approximate surface area is 251 Å². The third kappa shape index (κ3) is 9.48. The van der Waals surface area contributed by atoms with Crippen molar-refractivity contribution < 1.29 is 19.1 Å². The molecule has 1 unspecified atom stereocenters. The molecule has 3 aliphatic rings. The highest BCUT2D eigenvalue weighted by molar-refractivity contribution is 6.06. The first kappa shape index (κ1) is 31.4. The Bertz CT molecular complexity index is 1260. The molecule has 2 aliphatic heterocycles. The van der Waals surface area contributed by atoms with Crippen molar-refractivity contribution in [3.05, 3.63) is 83.4 Å². The van der Waals surface area contributed by atoms with Crippen molar-refractivity contribution in [2.45, 2.75) is 72.8 Å². The maximum absolute atomic E-state index is 12.9. The van der Waals surface area contributed by atoms with Gasteiger partial charge in [-0.3, -0.25) is 9.59 Å². The number of rotatable bonds is 11. The molecule has 1 saturated heterocycles. The molecule has 2 N–H and O–H groups in total. The van der Waals surface area contributed by atoms with Crippen molar-refractivity contribution in [1.29, 1.82) is 0 Å². The summed E-state index contributed by atoms with van der Waals surface area (Å²) in [5, 5.41) is 5.90. The summed E-state index contributed by atoms with van der Waals surface area (Å²) in [5.74, 6) is 2.15. The lowest BCUT2D eigenvalue weighted by Crippen LogP contribution is -2.28. The molecule has 0 aromatic heterocycles. The molecular weight excluding hydrogens is 526 g/mol. The van der Waals surface area contributed by atoms with E-state index in [0.29, 0.717) is 55.0 Å². The summed E-state index contributed by atoms with van der Waals surface area (Å²) in [6, 6.07) is 7.79. The lowest BCUT2D eigenvalue weighted by molar-refractivity contribution is -0.116. The molecule has 4 rings (SSSR count). The van der Waals surface area contributed by atoms with Gasteiger partial charge in [0, 0.05) is 47.3 Å². The molecule has 1 aromatic carbocycles. The number of likely N-dealkylation sites (tertiary alicyclic amines) is 1. The standard InChI is InChI=1S/C35H47N3O4/c1-25(2)38-20-18-27(23-38)24-42-31-10-7-9-28(12-17-31)34(40)37-30-15-13-29(14-16-30)36-33(39)11-6-8-26-19-21-41-32(22-26)35(3,4)5/h9-10,12-17,19,22,25,27H,6-8,11,18,20-21,23-24H2,1-5H3,(H,36,39)(H,37,40). The predicted octanol–water partition coefficient (Wildman–Crippen LogP) is 7.14. The Kier molecular flexibility index (Phi) is 10.9. The number of carbonyl (C=O) groups excluding carboxylic acids is 2. The van der Waals surface area contributed by atoms with Gasteiger partial charge in [0.2, 0.25) is 5.91 Å². The monoisotopic (exact) mass is 573 g/mol. The van der Waals surface area contributed by atoms with E-state index in [1.807, 2.05) is 24.3 Å². The number of allylic oxidation sites excluding steroid dienone is 6. The molecule has 1 aliphatic carbocycles. The molecule has 7 nitrogen and oxygen atoms in total. The molecule has 2 amide bonds. The van der Waals surface area contributed by atoms with Crippen LogP contribution in [0.3, 0.4) is 0 Å². The largest absolute Gasteiger partial charge is 0.494 e. The first-order valence-electron chi connectivity index (χ1n) is 15.3. The number of hydrogen-bond donors (Lipinski definition) is 2. The SMILES string of the molecule is CC(C)N1CCC(COC2=CCC=C(C(=O)Nc3ccc(NC(=O)CCCC4=CCOC(C(C)(C)C)=C4)cc3)C=C2)C1. The number of hydrogen-bond acceptors (Lipinski definition) is 5. The number of carbonyl (C=O) groups is 2. The minimum Gasteiger partial charge on any atom is -0.494 e. The van der Waals surface area contributed by atoms with Gasteiger partial charge in [0.05, 0.1) is 6.61 Å². The summed E-state index contributed by atoms with van der Waals surface area (Å²) in [7, 11) is 0. The summed E-state index contributed by atoms with van der Waals surface area (Å²) < 4.78 is 11.8. The van der Waals surface area contributed by atoms with Crippen LogP contribution in [0.4, 0.5) is 11.4 Å². The van der Waals surface area contributed by atoms with Gasteiger partial charge in [-0.05, 0) is 106 Å². The predicted molar refractivity (Wildman–Crippen MR) is 170 cm³/mol. The Morgan fingerprint density at radius 1 is 1.05 bits per heavy atom. The average Bonchev–Trinajstić information content (AvgIpc) is 3.31. The van der Waals surface area contributed by atoms with Crippen molar-refractivity contribution >= 4 is 23.2 Å². The van der Waals surface area contributed by atoms with Crippen molar-refractivity contribution in [1.82, 2.24) is 4.90 Å². The number of nitrogens with one attached hydrogen (secondary N) is 2. The summed E-state index contributed by atoms with van der Waals surface area (Å²) >= 11 is 0. The highest BCUT2D eigenvalue weighted by Gasteiger charge is 2.25. The van der Waals surface area contributed by atoms with Gasteiger partial charge < -0.3 is 25.0 Å². The van der Waals surface area contributed by atoms with Gasteiger partial charge in [-0.15, -0.1) is 0 Å². The van der Waals surface area contributed by atoms with Gasteiger partial charge in [-0.25, -0.2) is 0 Å². The van der Waals surface area contributed by atoms with Gasteiger partial charge in [-0.1, -0.05) is 26.8 Å². The fraction of sp³-hybridized carbons (Fsp3) is 0.486. The van der Waals surface area contributed by atoms with Crippen molar-refractivity contribution in [2.24, 2.45) is 11.3 Å². The van der Waals surface area contributed by atoms with E-state index >= 15 is 0 Å². The van der Waals surface area contributed by atoms with Gasteiger partial charge in [0.25, 0.3) is 5.91 Å². The maximum atomic E-state index is 12.9. The van der Waals surface area contributed by atoms with E-state index in [2.05, 4.69) is 62.3 Å². The number of anilines is 2. The molecule has 1 atom stereocenters. The fourth-order valence-corrected chi connectivity index (χ4v) is 5.20. The second kappa shape index (κ2) is 14.5. The summed E-state index contributed by atoms with van der Waals surface area (Å²) in [5.41, 5.74) is 3.17. The Balaban J connectivity index is 1.17. The molecule has 2 heterocycles. The zero-order chi connectivity index (χ0) is 30.1. The molecule has 42 heavy (non-hydrogen) atoms. The highest BCUT2D eigenvalue weighted by atomic mass is 16.5. The average molecular weight is 574 g/mol. The lowest BCUT2D eigenvalue weighted by atomic mass is 9.90. The van der Waals surface area contributed by atoms with E-state index in [1.54, 1.807) is 24.3 Å². The maximum Gasteiger partial charge on any atom is 0.255 e. The van der Waals surface area contributed by atoms with Gasteiger partial charge in [-0.2, -0.15) is 0 Å². The molecule has 0 saturated carbocycles. The van der Waals surface area contributed by atoms with Crippen LogP contribution in [0.5, 0.6) is 0 Å². The van der Waals surface area contributed by atoms with Crippen LogP contribution in [0.25, 0.3) is 0 Å². The molecular formula is C35H47N3O4. The molecule has 0 radical (unpaired) electrons. The molecule has 7 heteroatoms. The van der Waals surface area contributed by atoms with E-state index in [1.165, 1.54) is 5.57 Å². The smallest absolute Gasteiger partial charge is 0.255 e. The van der Waals surface area contributed by atoms with Gasteiger partial charge in [0.15, 0.2) is 0 Å². The Hall–Kier alpha value is -3.58. The summed E-state index contributed by atoms with van der Waals surface area (Å²) in [4.78, 5) is 27.9. The molecule has 1 aromatic rings. The zero-order valence-electron chi connectivity index (χ0n) is 25.9. The van der Waals surface area contributed by atoms with Crippen LogP contribution in [0, 0.1) is 11.3 Å². The summed E-state index contributed by atoms with van der Waals surface area (Å²) in [6.45, 7) is 14.4. The van der Waals surface area contributed by atoms with Crippen LogP contribution in [0.15, 0.2) is 83.4 Å². The van der Waals surface area contributed by atoms with Crippen LogP contribution in [-0.2, 0) is 19.1 Å². The van der Waals surface area contributed by atoms with Crippen molar-refractivity contribution in [3.63, 3.8) is 0 Å². The van der Waals surface area contributed by atoms with Crippen LogP contribution in [0.2, 0.25) is 0 Å². The first-order chi connectivity index (χ1) is 20.1. The lowest BCUT2D eigenvalue weighted by Gasteiger charge is -2.26. The van der Waals surface area contributed by atoms with Gasteiger partial charge in [0.1, 0.15) is 18.1 Å². The number of nitrogens with zero attached hydrogens (tertiary/aromatic N) is 1. The fourth-order valence-electron chi connectivity index (χ4n) is 5.20. The van der Waals surface area contributed by atoms with Gasteiger partial charge >= 0.3 is 0 Å².